The Morgan fingerprint density at radius 2 is 2.25 bits per heavy atom. The summed E-state index contributed by atoms with van der Waals surface area (Å²) in [6.45, 7) is 7.17. The van der Waals surface area contributed by atoms with Crippen LogP contribution in [0.2, 0.25) is 0 Å². The van der Waals surface area contributed by atoms with Crippen LogP contribution < -0.4 is 5.32 Å². The minimum absolute atomic E-state index is 0.102. The number of imidazole rings is 1. The molecule has 1 aromatic carbocycles. The number of amides is 1. The van der Waals surface area contributed by atoms with Gasteiger partial charge in [0, 0.05) is 25.6 Å². The number of halogens is 1. The third-order valence-corrected chi connectivity index (χ3v) is 4.68. The molecule has 2 heterocycles. The summed E-state index contributed by atoms with van der Waals surface area (Å²) in [6.07, 6.45) is 2.58. The van der Waals surface area contributed by atoms with Gasteiger partial charge in [0.2, 0.25) is 5.91 Å². The molecule has 1 N–H and O–H groups in total. The second-order valence-corrected chi connectivity index (χ2v) is 6.38. The Bertz CT molecular complexity index is 727. The van der Waals surface area contributed by atoms with Gasteiger partial charge in [0.05, 0.1) is 12.1 Å². The predicted octanol–water partition coefficient (Wildman–Crippen LogP) is 2.69. The number of carbonyl (C=O) groups is 1. The molecule has 5 nitrogen and oxygen atoms in total. The van der Waals surface area contributed by atoms with Crippen molar-refractivity contribution in [3.05, 3.63) is 29.8 Å². The molecule has 0 radical (unpaired) electrons. The number of fused-ring (bicyclic) bond motifs is 1. The molecule has 3 rings (SSSR count). The highest BCUT2D eigenvalue weighted by molar-refractivity contribution is 5.77. The average molecular weight is 332 g/mol. The molecular formula is C18H25FN4O. The summed E-state index contributed by atoms with van der Waals surface area (Å²) >= 11 is 0. The molecule has 1 amide bonds. The van der Waals surface area contributed by atoms with E-state index in [2.05, 4.69) is 26.7 Å². The summed E-state index contributed by atoms with van der Waals surface area (Å²) in [5.74, 6) is 0.720. The molecule has 130 valence electrons. The van der Waals surface area contributed by atoms with Crippen molar-refractivity contribution in [2.24, 2.45) is 0 Å². The lowest BCUT2D eigenvalue weighted by molar-refractivity contribution is -0.121. The molecule has 1 aliphatic rings. The highest BCUT2D eigenvalue weighted by Crippen LogP contribution is 2.21. The van der Waals surface area contributed by atoms with E-state index >= 15 is 0 Å². The van der Waals surface area contributed by atoms with E-state index in [1.54, 1.807) is 6.07 Å². The quantitative estimate of drug-likeness (QED) is 0.916. The van der Waals surface area contributed by atoms with E-state index in [0.29, 0.717) is 18.5 Å². The third-order valence-electron chi connectivity index (χ3n) is 4.68. The molecule has 0 bridgehead atoms. The first-order valence-electron chi connectivity index (χ1n) is 8.77. The van der Waals surface area contributed by atoms with Crippen molar-refractivity contribution >= 4 is 16.9 Å². The molecule has 1 atom stereocenters. The van der Waals surface area contributed by atoms with Gasteiger partial charge in [-0.25, -0.2) is 9.37 Å². The fraction of sp³-hybridized carbons (Fsp3) is 0.556. The van der Waals surface area contributed by atoms with Gasteiger partial charge >= 0.3 is 0 Å². The zero-order chi connectivity index (χ0) is 17.1. The van der Waals surface area contributed by atoms with E-state index in [1.165, 1.54) is 6.07 Å². The number of nitrogens with one attached hydrogen (secondary N) is 1. The summed E-state index contributed by atoms with van der Waals surface area (Å²) in [6, 6.07) is 5.30. The van der Waals surface area contributed by atoms with Crippen LogP contribution in [-0.4, -0.2) is 39.5 Å². The number of aromatic nitrogens is 2. The summed E-state index contributed by atoms with van der Waals surface area (Å²) in [5.41, 5.74) is 1.29. The van der Waals surface area contributed by atoms with E-state index in [9.17, 15) is 9.18 Å². The maximum atomic E-state index is 14.0. The number of para-hydroxylation sites is 1. The Kier molecular flexibility index (Phi) is 5.14. The number of piperidine rings is 1. The first-order chi connectivity index (χ1) is 11.6. The van der Waals surface area contributed by atoms with Gasteiger partial charge in [0.1, 0.15) is 11.3 Å². The maximum Gasteiger partial charge on any atom is 0.219 e. The lowest BCUT2D eigenvalue weighted by Gasteiger charge is -2.32. The van der Waals surface area contributed by atoms with Crippen molar-refractivity contribution < 1.29 is 9.18 Å². The minimum atomic E-state index is -0.271. The summed E-state index contributed by atoms with van der Waals surface area (Å²) in [5, 5.41) is 3.08. The first kappa shape index (κ1) is 16.9. The number of aryl methyl sites for hydroxylation is 1. The van der Waals surface area contributed by atoms with E-state index < -0.39 is 0 Å². The Labute approximate surface area is 141 Å². The van der Waals surface area contributed by atoms with Crippen LogP contribution in [-0.2, 0) is 17.9 Å². The van der Waals surface area contributed by atoms with Crippen molar-refractivity contribution in [3.63, 3.8) is 0 Å². The molecule has 0 spiro atoms. The van der Waals surface area contributed by atoms with Crippen molar-refractivity contribution in [2.45, 2.75) is 52.2 Å². The van der Waals surface area contributed by atoms with Gasteiger partial charge < -0.3 is 9.88 Å². The lowest BCUT2D eigenvalue weighted by Crippen LogP contribution is -2.47. The molecule has 1 fully saturated rings. The number of rotatable bonds is 5. The topological polar surface area (TPSA) is 50.2 Å². The van der Waals surface area contributed by atoms with Crippen LogP contribution in [0.4, 0.5) is 4.39 Å². The monoisotopic (exact) mass is 332 g/mol. The van der Waals surface area contributed by atoms with Crippen molar-refractivity contribution in [1.82, 2.24) is 19.8 Å². The SMILES string of the molecule is CCC(=O)NC1CCCN(Cc2nc3c(F)cccc3n2CC)C1. The van der Waals surface area contributed by atoms with Crippen LogP contribution >= 0.6 is 0 Å². The number of benzene rings is 1. The summed E-state index contributed by atoms with van der Waals surface area (Å²) in [7, 11) is 0. The predicted molar refractivity (Wildman–Crippen MR) is 92.1 cm³/mol. The van der Waals surface area contributed by atoms with Gasteiger partial charge in [-0.15, -0.1) is 0 Å². The molecule has 0 saturated carbocycles. The zero-order valence-electron chi connectivity index (χ0n) is 14.4. The van der Waals surface area contributed by atoms with E-state index in [4.69, 9.17) is 0 Å². The highest BCUT2D eigenvalue weighted by Gasteiger charge is 2.23. The fourth-order valence-electron chi connectivity index (χ4n) is 3.48. The molecule has 1 aliphatic heterocycles. The zero-order valence-corrected chi connectivity index (χ0v) is 14.4. The molecule has 1 unspecified atom stereocenters. The van der Waals surface area contributed by atoms with E-state index in [-0.39, 0.29) is 17.8 Å². The standard InChI is InChI=1S/C18H25FN4O/c1-3-17(24)20-13-7-6-10-22(11-13)12-16-21-18-14(19)8-5-9-15(18)23(16)4-2/h5,8-9,13H,3-4,6-7,10-12H2,1-2H3,(H,20,24). The third kappa shape index (κ3) is 3.43. The van der Waals surface area contributed by atoms with Gasteiger partial charge in [-0.3, -0.25) is 9.69 Å². The molecule has 2 aromatic rings. The molecule has 6 heteroatoms. The first-order valence-corrected chi connectivity index (χ1v) is 8.77. The van der Waals surface area contributed by atoms with E-state index in [0.717, 1.165) is 43.8 Å². The van der Waals surface area contributed by atoms with Gasteiger partial charge in [-0.1, -0.05) is 13.0 Å². The normalized spacial score (nSPS) is 18.9. The summed E-state index contributed by atoms with van der Waals surface area (Å²) < 4.78 is 16.1. The van der Waals surface area contributed by atoms with Crippen LogP contribution in [0.15, 0.2) is 18.2 Å². The van der Waals surface area contributed by atoms with Crippen LogP contribution in [0.5, 0.6) is 0 Å². The van der Waals surface area contributed by atoms with Crippen LogP contribution in [0.1, 0.15) is 38.9 Å². The van der Waals surface area contributed by atoms with E-state index in [1.807, 2.05) is 13.0 Å². The Balaban J connectivity index is 1.77. The van der Waals surface area contributed by atoms with Gasteiger partial charge in [-0.2, -0.15) is 0 Å². The Morgan fingerprint density at radius 3 is 3.00 bits per heavy atom. The Hall–Kier alpha value is -1.95. The second-order valence-electron chi connectivity index (χ2n) is 6.38. The van der Waals surface area contributed by atoms with Gasteiger partial charge in [0.15, 0.2) is 5.82 Å². The van der Waals surface area contributed by atoms with Crippen LogP contribution in [0.3, 0.4) is 0 Å². The lowest BCUT2D eigenvalue weighted by atomic mass is 10.1. The minimum Gasteiger partial charge on any atom is -0.352 e. The molecule has 1 saturated heterocycles. The second kappa shape index (κ2) is 7.30. The number of hydrogen-bond donors (Lipinski definition) is 1. The fourth-order valence-corrected chi connectivity index (χ4v) is 3.48. The number of carbonyl (C=O) groups excluding carboxylic acids is 1. The van der Waals surface area contributed by atoms with Gasteiger partial charge in [-0.05, 0) is 38.4 Å². The summed E-state index contributed by atoms with van der Waals surface area (Å²) in [4.78, 5) is 18.5. The van der Waals surface area contributed by atoms with Crippen molar-refractivity contribution in [2.75, 3.05) is 13.1 Å². The maximum absolute atomic E-state index is 14.0. The smallest absolute Gasteiger partial charge is 0.219 e. The molecule has 1 aromatic heterocycles. The van der Waals surface area contributed by atoms with Crippen molar-refractivity contribution in [1.29, 1.82) is 0 Å². The number of hydrogen-bond acceptors (Lipinski definition) is 3. The molecule has 0 aliphatic carbocycles. The highest BCUT2D eigenvalue weighted by atomic mass is 19.1. The van der Waals surface area contributed by atoms with Gasteiger partial charge in [0.25, 0.3) is 0 Å². The van der Waals surface area contributed by atoms with Crippen LogP contribution in [0.25, 0.3) is 11.0 Å². The molecule has 24 heavy (non-hydrogen) atoms. The average Bonchev–Trinajstić information content (AvgIpc) is 2.93. The number of nitrogens with zero attached hydrogens (tertiary/aromatic N) is 3. The number of likely N-dealkylation sites (tertiary alicyclic amines) is 1. The van der Waals surface area contributed by atoms with Crippen LogP contribution in [0, 0.1) is 5.82 Å². The largest absolute Gasteiger partial charge is 0.352 e. The Morgan fingerprint density at radius 1 is 1.42 bits per heavy atom. The molecular weight excluding hydrogens is 307 g/mol. The van der Waals surface area contributed by atoms with Crippen molar-refractivity contribution in [3.8, 4) is 0 Å².